The van der Waals surface area contributed by atoms with E-state index in [0.29, 0.717) is 5.56 Å². The first-order valence-corrected chi connectivity index (χ1v) is 9.29. The van der Waals surface area contributed by atoms with E-state index in [-0.39, 0.29) is 0 Å². The number of hydrogen-bond donors (Lipinski definition) is 0. The van der Waals surface area contributed by atoms with Crippen molar-refractivity contribution in [2.45, 2.75) is 20.8 Å². The van der Waals surface area contributed by atoms with Crippen molar-refractivity contribution in [2.24, 2.45) is 0 Å². The molecule has 0 N–H and O–H groups in total. The highest BCUT2D eigenvalue weighted by Crippen LogP contribution is 2.32. The minimum atomic E-state index is 0.629. The first-order valence-electron chi connectivity index (χ1n) is 9.29. The minimum absolute atomic E-state index is 0.629. The number of aryl methyl sites for hydroxylation is 3. The lowest BCUT2D eigenvalue weighted by Gasteiger charge is -2.12. The van der Waals surface area contributed by atoms with Crippen molar-refractivity contribution in [1.82, 2.24) is 9.78 Å². The molecule has 3 nitrogen and oxygen atoms in total. The van der Waals surface area contributed by atoms with Crippen LogP contribution in [0.5, 0.6) is 0 Å². The van der Waals surface area contributed by atoms with E-state index in [2.05, 4.69) is 68.3 Å². The summed E-state index contributed by atoms with van der Waals surface area (Å²) in [7, 11) is 0. The predicted molar refractivity (Wildman–Crippen MR) is 113 cm³/mol. The lowest BCUT2D eigenvalue weighted by atomic mass is 9.92. The van der Waals surface area contributed by atoms with Gasteiger partial charge in [0.1, 0.15) is 0 Å². The predicted octanol–water partition coefficient (Wildman–Crippen LogP) is 6.00. The fraction of sp³-hybridized carbons (Fsp3) is 0.120. The van der Waals surface area contributed by atoms with Crippen LogP contribution in [0, 0.1) is 32.1 Å². The molecule has 0 fully saturated rings. The SMILES string of the molecule is Cc1cccc(-c2cc(C)c(-c3cnn(-c4cccc(C#N)c4)c3)c(C)c2)c1. The maximum atomic E-state index is 9.12. The van der Waals surface area contributed by atoms with Gasteiger partial charge >= 0.3 is 0 Å². The van der Waals surface area contributed by atoms with Crippen LogP contribution in [0.25, 0.3) is 27.9 Å². The van der Waals surface area contributed by atoms with Gasteiger partial charge in [-0.25, -0.2) is 4.68 Å². The van der Waals surface area contributed by atoms with Crippen molar-refractivity contribution >= 4 is 0 Å². The number of nitrogens with zero attached hydrogens (tertiary/aromatic N) is 3. The summed E-state index contributed by atoms with van der Waals surface area (Å²) in [5.74, 6) is 0. The second-order valence-electron chi connectivity index (χ2n) is 7.19. The number of rotatable bonds is 3. The monoisotopic (exact) mass is 363 g/mol. The number of aromatic nitrogens is 2. The fourth-order valence-corrected chi connectivity index (χ4v) is 3.72. The molecule has 0 aliphatic heterocycles. The van der Waals surface area contributed by atoms with Crippen LogP contribution in [0.4, 0.5) is 0 Å². The smallest absolute Gasteiger partial charge is 0.0992 e. The summed E-state index contributed by atoms with van der Waals surface area (Å²) in [5, 5.41) is 13.6. The minimum Gasteiger partial charge on any atom is -0.240 e. The van der Waals surface area contributed by atoms with E-state index < -0.39 is 0 Å². The molecule has 0 spiro atoms. The zero-order valence-corrected chi connectivity index (χ0v) is 16.3. The van der Waals surface area contributed by atoms with Gasteiger partial charge in [-0.2, -0.15) is 10.4 Å². The third kappa shape index (κ3) is 3.33. The molecule has 0 saturated carbocycles. The quantitative estimate of drug-likeness (QED) is 0.448. The van der Waals surface area contributed by atoms with E-state index in [9.17, 15) is 0 Å². The second kappa shape index (κ2) is 7.17. The lowest BCUT2D eigenvalue weighted by molar-refractivity contribution is 0.880. The van der Waals surface area contributed by atoms with Crippen molar-refractivity contribution in [2.75, 3.05) is 0 Å². The molecule has 0 amide bonds. The standard InChI is InChI=1S/C25H21N3/c1-17-6-4-8-21(10-17)22-11-18(2)25(19(3)12-22)23-15-27-28(16-23)24-9-5-7-20(13-24)14-26/h4-13,15-16H,1-3H3. The van der Waals surface area contributed by atoms with Crippen LogP contribution in [-0.2, 0) is 0 Å². The van der Waals surface area contributed by atoms with Gasteiger partial charge in [-0.15, -0.1) is 0 Å². The molecule has 0 aliphatic rings. The molecule has 1 aromatic heterocycles. The highest BCUT2D eigenvalue weighted by atomic mass is 15.3. The molecule has 1 heterocycles. The van der Waals surface area contributed by atoms with Crippen molar-refractivity contribution in [3.63, 3.8) is 0 Å². The number of benzene rings is 3. The summed E-state index contributed by atoms with van der Waals surface area (Å²) >= 11 is 0. The van der Waals surface area contributed by atoms with Gasteiger partial charge < -0.3 is 0 Å². The zero-order chi connectivity index (χ0) is 19.7. The van der Waals surface area contributed by atoms with Crippen LogP contribution >= 0.6 is 0 Å². The molecule has 4 aromatic rings. The van der Waals surface area contributed by atoms with Gasteiger partial charge in [0.2, 0.25) is 0 Å². The molecule has 0 radical (unpaired) electrons. The van der Waals surface area contributed by atoms with E-state index >= 15 is 0 Å². The Kier molecular flexibility index (Phi) is 4.55. The maximum absolute atomic E-state index is 9.12. The molecule has 0 saturated heterocycles. The van der Waals surface area contributed by atoms with Crippen LogP contribution < -0.4 is 0 Å². The second-order valence-corrected chi connectivity index (χ2v) is 7.19. The van der Waals surface area contributed by atoms with Crippen LogP contribution in [0.1, 0.15) is 22.3 Å². The Morgan fingerprint density at radius 1 is 0.821 bits per heavy atom. The Labute approximate surface area is 165 Å². The topological polar surface area (TPSA) is 41.6 Å². The van der Waals surface area contributed by atoms with Crippen molar-refractivity contribution < 1.29 is 0 Å². The van der Waals surface area contributed by atoms with E-state index in [1.165, 1.54) is 33.4 Å². The molecule has 3 aromatic carbocycles. The van der Waals surface area contributed by atoms with Gasteiger partial charge in [-0.1, -0.05) is 48.0 Å². The third-order valence-corrected chi connectivity index (χ3v) is 5.00. The molecule has 3 heteroatoms. The van der Waals surface area contributed by atoms with Crippen LogP contribution in [0.3, 0.4) is 0 Å². The Hall–Kier alpha value is -3.64. The van der Waals surface area contributed by atoms with E-state index in [0.717, 1.165) is 11.3 Å². The molecule has 0 bridgehead atoms. The normalized spacial score (nSPS) is 10.6. The van der Waals surface area contributed by atoms with Crippen LogP contribution in [-0.4, -0.2) is 9.78 Å². The van der Waals surface area contributed by atoms with Gasteiger partial charge in [0.05, 0.1) is 23.5 Å². The highest BCUT2D eigenvalue weighted by molar-refractivity contribution is 5.76. The third-order valence-electron chi connectivity index (χ3n) is 5.00. The van der Waals surface area contributed by atoms with E-state index in [1.807, 2.05) is 35.3 Å². The van der Waals surface area contributed by atoms with E-state index in [4.69, 9.17) is 5.26 Å². The summed E-state index contributed by atoms with van der Waals surface area (Å²) in [4.78, 5) is 0. The van der Waals surface area contributed by atoms with Crippen LogP contribution in [0.15, 0.2) is 73.1 Å². The molecule has 136 valence electrons. The Balaban J connectivity index is 1.74. The van der Waals surface area contributed by atoms with Gasteiger partial charge in [0.15, 0.2) is 0 Å². The van der Waals surface area contributed by atoms with E-state index in [1.54, 1.807) is 6.07 Å². The molecular weight excluding hydrogens is 342 g/mol. The molecule has 0 aliphatic carbocycles. The lowest BCUT2D eigenvalue weighted by Crippen LogP contribution is -1.94. The summed E-state index contributed by atoms with van der Waals surface area (Å²) in [6.45, 7) is 6.41. The van der Waals surface area contributed by atoms with Gasteiger partial charge in [-0.3, -0.25) is 0 Å². The van der Waals surface area contributed by atoms with Crippen molar-refractivity contribution in [1.29, 1.82) is 5.26 Å². The average Bonchev–Trinajstić information content (AvgIpc) is 3.17. The molecular formula is C25H21N3. The van der Waals surface area contributed by atoms with Gasteiger partial charge in [0, 0.05) is 11.8 Å². The largest absolute Gasteiger partial charge is 0.240 e. The summed E-state index contributed by atoms with van der Waals surface area (Å²) in [6, 6.07) is 22.7. The summed E-state index contributed by atoms with van der Waals surface area (Å²) in [6.07, 6.45) is 3.92. The Morgan fingerprint density at radius 2 is 1.57 bits per heavy atom. The maximum Gasteiger partial charge on any atom is 0.0992 e. The first kappa shape index (κ1) is 17.8. The number of nitriles is 1. The molecule has 0 atom stereocenters. The van der Waals surface area contributed by atoms with Crippen molar-refractivity contribution in [3.8, 4) is 34.0 Å². The highest BCUT2D eigenvalue weighted by Gasteiger charge is 2.12. The van der Waals surface area contributed by atoms with Gasteiger partial charge in [-0.05, 0) is 66.8 Å². The number of hydrogen-bond acceptors (Lipinski definition) is 2. The molecule has 0 unspecified atom stereocenters. The average molecular weight is 363 g/mol. The van der Waals surface area contributed by atoms with Crippen molar-refractivity contribution in [3.05, 3.63) is 95.3 Å². The summed E-state index contributed by atoms with van der Waals surface area (Å²) < 4.78 is 1.82. The first-order chi connectivity index (χ1) is 13.5. The van der Waals surface area contributed by atoms with Gasteiger partial charge in [0.25, 0.3) is 0 Å². The Bertz CT molecular complexity index is 1190. The molecule has 28 heavy (non-hydrogen) atoms. The summed E-state index contributed by atoms with van der Waals surface area (Å²) in [5.41, 5.74) is 9.98. The fourth-order valence-electron chi connectivity index (χ4n) is 3.72. The zero-order valence-electron chi connectivity index (χ0n) is 16.3. The van der Waals surface area contributed by atoms with Crippen LogP contribution in [0.2, 0.25) is 0 Å². The molecule has 4 rings (SSSR count). The Morgan fingerprint density at radius 3 is 2.29 bits per heavy atom.